The van der Waals surface area contributed by atoms with Gasteiger partial charge in [-0.3, -0.25) is 5.10 Å². The zero-order chi connectivity index (χ0) is 11.3. The van der Waals surface area contributed by atoms with E-state index in [1.165, 1.54) is 6.20 Å². The van der Waals surface area contributed by atoms with E-state index < -0.39 is 0 Å². The lowest BCUT2D eigenvalue weighted by atomic mass is 11.0. The van der Waals surface area contributed by atoms with E-state index in [1.54, 1.807) is 0 Å². The highest BCUT2D eigenvalue weighted by atomic mass is 35.5. The van der Waals surface area contributed by atoms with Crippen molar-refractivity contribution in [2.24, 2.45) is 0 Å². The van der Waals surface area contributed by atoms with Crippen molar-refractivity contribution in [3.63, 3.8) is 0 Å². The molecule has 0 fully saturated rings. The van der Waals surface area contributed by atoms with Gasteiger partial charge < -0.3 is 0 Å². The second kappa shape index (κ2) is 6.02. The highest BCUT2D eigenvalue weighted by Gasteiger charge is 1.97. The number of aromatic amines is 1. The fraction of sp³-hybridized carbons (Fsp3) is 0. The van der Waals surface area contributed by atoms with Gasteiger partial charge in [0.2, 0.25) is 15.9 Å². The summed E-state index contributed by atoms with van der Waals surface area (Å²) in [4.78, 5) is 10.4. The largest absolute Gasteiger partial charge is 0.264 e. The smallest absolute Gasteiger partial charge is 0.227 e. The molecule has 0 saturated carbocycles. The first-order valence-corrected chi connectivity index (χ1v) is 4.83. The first-order valence-electron chi connectivity index (χ1n) is 3.32. The second-order valence-corrected chi connectivity index (χ2v) is 3.34. The Balaban J connectivity index is 0.000000162. The predicted octanol–water partition coefficient (Wildman–Crippen LogP) is 2.29. The summed E-state index contributed by atoms with van der Waals surface area (Å²) in [5, 5.41) is 9.53. The van der Waals surface area contributed by atoms with Gasteiger partial charge >= 0.3 is 0 Å². The molecule has 2 aromatic heterocycles. The molecule has 0 aliphatic heterocycles. The van der Waals surface area contributed by atoms with Gasteiger partial charge in [-0.05, 0) is 34.8 Å². The van der Waals surface area contributed by atoms with Gasteiger partial charge in [0.05, 0.1) is 6.20 Å². The Bertz CT molecular complexity index is 367. The molecule has 80 valence electrons. The van der Waals surface area contributed by atoms with E-state index >= 15 is 0 Å². The number of halogens is 4. The molecule has 1 N–H and O–H groups in total. The Hall–Kier alpha value is -0.690. The molecule has 0 aromatic carbocycles. The van der Waals surface area contributed by atoms with Gasteiger partial charge in [0.25, 0.3) is 0 Å². The van der Waals surface area contributed by atoms with Crippen molar-refractivity contribution in [3.05, 3.63) is 27.2 Å². The summed E-state index contributed by atoms with van der Waals surface area (Å²) in [5.74, 6) is 0. The third kappa shape index (κ3) is 5.08. The van der Waals surface area contributed by atoms with Crippen molar-refractivity contribution in [2.75, 3.05) is 0 Å². The van der Waals surface area contributed by atoms with E-state index in [4.69, 9.17) is 46.4 Å². The fourth-order valence-electron chi connectivity index (χ4n) is 0.491. The molecular formula is C5H2Cl4N6. The molecule has 2 rings (SSSR count). The maximum atomic E-state index is 5.32. The number of nitrogens with zero attached hydrogens (tertiary/aromatic N) is 5. The molecule has 0 aliphatic rings. The zero-order valence-corrected chi connectivity index (χ0v) is 9.85. The van der Waals surface area contributed by atoms with Gasteiger partial charge in [-0.25, -0.2) is 0 Å². The predicted molar refractivity (Wildman–Crippen MR) is 56.2 cm³/mol. The van der Waals surface area contributed by atoms with Crippen molar-refractivity contribution in [2.45, 2.75) is 0 Å². The third-order valence-corrected chi connectivity index (χ3v) is 1.63. The van der Waals surface area contributed by atoms with E-state index in [1.807, 2.05) is 0 Å². The molecule has 0 unspecified atom stereocenters. The van der Waals surface area contributed by atoms with Crippen LogP contribution in [0.4, 0.5) is 0 Å². The van der Waals surface area contributed by atoms with Crippen LogP contribution in [0.2, 0.25) is 21.0 Å². The number of aromatic nitrogens is 6. The summed E-state index contributed by atoms with van der Waals surface area (Å²) >= 11 is 21.2. The number of rotatable bonds is 0. The van der Waals surface area contributed by atoms with Crippen LogP contribution in [0.25, 0.3) is 0 Å². The summed E-state index contributed by atoms with van der Waals surface area (Å²) < 4.78 is 0. The van der Waals surface area contributed by atoms with Crippen LogP contribution >= 0.6 is 46.4 Å². The molecule has 2 heterocycles. The van der Waals surface area contributed by atoms with Crippen LogP contribution in [-0.4, -0.2) is 30.4 Å². The highest BCUT2D eigenvalue weighted by molar-refractivity contribution is 6.33. The van der Waals surface area contributed by atoms with Gasteiger partial charge in [-0.1, -0.05) is 16.8 Å². The van der Waals surface area contributed by atoms with Crippen LogP contribution in [0.3, 0.4) is 0 Å². The fourth-order valence-corrected chi connectivity index (χ4v) is 1.19. The van der Waals surface area contributed by atoms with E-state index in [9.17, 15) is 0 Å². The summed E-state index contributed by atoms with van der Waals surface area (Å²) in [7, 11) is 0. The summed E-state index contributed by atoms with van der Waals surface area (Å²) in [6, 6.07) is 0. The average Bonchev–Trinajstić information content (AvgIpc) is 2.54. The maximum Gasteiger partial charge on any atom is 0.227 e. The molecule has 6 nitrogen and oxygen atoms in total. The quantitative estimate of drug-likeness (QED) is 0.804. The number of H-pyrrole nitrogens is 1. The molecule has 2 aromatic rings. The zero-order valence-electron chi connectivity index (χ0n) is 6.83. The molecule has 0 atom stereocenters. The number of nitrogens with one attached hydrogen (secondary N) is 1. The van der Waals surface area contributed by atoms with Crippen molar-refractivity contribution in [3.8, 4) is 0 Å². The van der Waals surface area contributed by atoms with Crippen molar-refractivity contribution in [1.82, 2.24) is 30.4 Å². The van der Waals surface area contributed by atoms with Gasteiger partial charge in [-0.15, -0.1) is 5.10 Å². The second-order valence-electron chi connectivity index (χ2n) is 1.94. The molecule has 0 aliphatic carbocycles. The minimum atomic E-state index is 0.000000000000000444. The van der Waals surface area contributed by atoms with Gasteiger partial charge in [-0.2, -0.15) is 15.0 Å². The Morgan fingerprint density at radius 3 is 1.53 bits per heavy atom. The van der Waals surface area contributed by atoms with E-state index in [0.29, 0.717) is 5.15 Å². The molecule has 0 spiro atoms. The molecule has 0 radical (unpaired) electrons. The maximum absolute atomic E-state index is 5.32. The monoisotopic (exact) mass is 286 g/mol. The van der Waals surface area contributed by atoms with Gasteiger partial charge in [0.15, 0.2) is 5.15 Å². The average molecular weight is 288 g/mol. The molecule has 0 amide bonds. The molecular weight excluding hydrogens is 286 g/mol. The van der Waals surface area contributed by atoms with Crippen molar-refractivity contribution >= 4 is 46.4 Å². The molecule has 15 heavy (non-hydrogen) atoms. The minimum absolute atomic E-state index is 0.000000000000000444. The first-order chi connectivity index (χ1) is 7.08. The lowest BCUT2D eigenvalue weighted by Crippen LogP contribution is -1.87. The Morgan fingerprint density at radius 2 is 1.33 bits per heavy atom. The van der Waals surface area contributed by atoms with Crippen LogP contribution in [0.1, 0.15) is 0 Å². The summed E-state index contributed by atoms with van der Waals surface area (Å²) in [6.07, 6.45) is 1.50. The van der Waals surface area contributed by atoms with Crippen molar-refractivity contribution < 1.29 is 0 Å². The SMILES string of the molecule is Clc1c[nH]nn1.Clc1nc(Cl)nc(Cl)n1. The lowest BCUT2D eigenvalue weighted by Gasteiger charge is -1.88. The Labute approximate surface area is 104 Å². The topological polar surface area (TPSA) is 80.2 Å². The van der Waals surface area contributed by atoms with Crippen LogP contribution in [-0.2, 0) is 0 Å². The summed E-state index contributed by atoms with van der Waals surface area (Å²) in [6.45, 7) is 0. The first kappa shape index (κ1) is 12.4. The molecule has 0 bridgehead atoms. The minimum Gasteiger partial charge on any atom is -0.264 e. The van der Waals surface area contributed by atoms with E-state index in [2.05, 4.69) is 30.4 Å². The Morgan fingerprint density at radius 1 is 0.867 bits per heavy atom. The normalized spacial score (nSPS) is 9.33. The number of hydrogen-bond acceptors (Lipinski definition) is 5. The third-order valence-electron chi connectivity index (χ3n) is 0.940. The van der Waals surface area contributed by atoms with E-state index in [0.717, 1.165) is 0 Å². The highest BCUT2D eigenvalue weighted by Crippen LogP contribution is 2.08. The van der Waals surface area contributed by atoms with Gasteiger partial charge in [0, 0.05) is 0 Å². The van der Waals surface area contributed by atoms with Crippen LogP contribution < -0.4 is 0 Å². The number of hydrogen-bond donors (Lipinski definition) is 1. The Kier molecular flexibility index (Phi) is 4.97. The van der Waals surface area contributed by atoms with Gasteiger partial charge in [0.1, 0.15) is 0 Å². The van der Waals surface area contributed by atoms with Crippen LogP contribution in [0, 0.1) is 0 Å². The van der Waals surface area contributed by atoms with E-state index in [-0.39, 0.29) is 15.9 Å². The standard InChI is InChI=1S/C3Cl3N3.C2H2ClN3/c4-1-7-2(5)9-3(6)8-1;3-2-1-4-6-5-2/h;1H,(H,4,5,6). The van der Waals surface area contributed by atoms with Crippen molar-refractivity contribution in [1.29, 1.82) is 0 Å². The summed E-state index contributed by atoms with van der Waals surface area (Å²) in [5.41, 5.74) is 0. The van der Waals surface area contributed by atoms with Crippen LogP contribution in [0.5, 0.6) is 0 Å². The molecule has 10 heteroatoms. The van der Waals surface area contributed by atoms with Crippen LogP contribution in [0.15, 0.2) is 6.20 Å². The molecule has 0 saturated heterocycles. The lowest BCUT2D eigenvalue weighted by molar-refractivity contribution is 0.940.